The second-order valence-electron chi connectivity index (χ2n) is 6.40. The van der Waals surface area contributed by atoms with E-state index in [-0.39, 0.29) is 11.6 Å². The lowest BCUT2D eigenvalue weighted by Crippen LogP contribution is -2.20. The Morgan fingerprint density at radius 3 is 2.54 bits per heavy atom. The van der Waals surface area contributed by atoms with Crippen LogP contribution >= 0.6 is 0 Å². The quantitative estimate of drug-likeness (QED) is 0.646. The van der Waals surface area contributed by atoms with Crippen molar-refractivity contribution < 1.29 is 18.3 Å². The third-order valence-corrected chi connectivity index (χ3v) is 4.20. The highest BCUT2D eigenvalue weighted by Crippen LogP contribution is 2.37. The molecule has 0 saturated carbocycles. The zero-order chi connectivity index (χ0) is 18.6. The zero-order valence-electron chi connectivity index (χ0n) is 14.0. The molecule has 0 spiro atoms. The van der Waals surface area contributed by atoms with Crippen LogP contribution in [0, 0.1) is 0 Å². The van der Waals surface area contributed by atoms with Gasteiger partial charge in [0.25, 0.3) is 0 Å². The molecule has 0 saturated heterocycles. The summed E-state index contributed by atoms with van der Waals surface area (Å²) < 4.78 is 41.0. The van der Waals surface area contributed by atoms with Gasteiger partial charge in [-0.25, -0.2) is 4.98 Å². The number of pyridine rings is 1. The van der Waals surface area contributed by atoms with E-state index in [1.165, 1.54) is 6.07 Å². The molecule has 4 rings (SSSR count). The predicted molar refractivity (Wildman–Crippen MR) is 91.6 cm³/mol. The van der Waals surface area contributed by atoms with Crippen LogP contribution in [0.5, 0.6) is 0 Å². The molecule has 136 valence electrons. The minimum Gasteiger partial charge on any atom is -0.357 e. The first-order valence-corrected chi connectivity index (χ1v) is 8.06. The largest absolute Gasteiger partial charge is 0.433 e. The third kappa shape index (κ3) is 2.64. The Morgan fingerprint density at radius 1 is 1.12 bits per heavy atom. The van der Waals surface area contributed by atoms with Gasteiger partial charge in [0.1, 0.15) is 16.7 Å². The predicted octanol–water partition coefficient (Wildman–Crippen LogP) is 3.81. The number of hydrogen-bond donors (Lipinski definition) is 3. The molecule has 26 heavy (non-hydrogen) atoms. The van der Waals surface area contributed by atoms with Crippen molar-refractivity contribution in [2.45, 2.75) is 32.4 Å². The first-order chi connectivity index (χ1) is 12.2. The van der Waals surface area contributed by atoms with Gasteiger partial charge in [0.05, 0.1) is 17.1 Å². The number of anilines is 2. The van der Waals surface area contributed by atoms with Crippen molar-refractivity contribution in [3.8, 4) is 11.3 Å². The first-order valence-electron chi connectivity index (χ1n) is 8.06. The highest BCUT2D eigenvalue weighted by Gasteiger charge is 2.33. The van der Waals surface area contributed by atoms with E-state index in [1.807, 2.05) is 13.8 Å². The van der Waals surface area contributed by atoms with Crippen LogP contribution < -0.4 is 10.6 Å². The highest BCUT2D eigenvalue weighted by molar-refractivity contribution is 5.92. The number of hydrogen-bond acceptors (Lipinski definition) is 5. The van der Waals surface area contributed by atoms with Gasteiger partial charge in [0, 0.05) is 11.6 Å². The lowest BCUT2D eigenvalue weighted by atomic mass is 10.1. The van der Waals surface area contributed by atoms with Crippen molar-refractivity contribution in [1.29, 1.82) is 0 Å². The zero-order valence-corrected chi connectivity index (χ0v) is 14.0. The number of nitrogens with zero attached hydrogens (tertiary/aromatic N) is 3. The number of nitrogens with one attached hydrogen (secondary N) is 2. The molecule has 0 bridgehead atoms. The summed E-state index contributed by atoms with van der Waals surface area (Å²) in [5.74, 6) is 0. The molecule has 0 amide bonds. The second kappa shape index (κ2) is 5.60. The summed E-state index contributed by atoms with van der Waals surface area (Å²) >= 11 is 0. The van der Waals surface area contributed by atoms with E-state index in [9.17, 15) is 18.3 Å². The average molecular weight is 363 g/mol. The number of alkyl halides is 3. The van der Waals surface area contributed by atoms with E-state index in [0.717, 1.165) is 6.07 Å². The summed E-state index contributed by atoms with van der Waals surface area (Å²) in [4.78, 5) is 3.84. The van der Waals surface area contributed by atoms with E-state index in [1.54, 1.807) is 22.9 Å². The molecule has 3 aromatic rings. The average Bonchev–Trinajstić information content (AvgIpc) is 3.11. The van der Waals surface area contributed by atoms with Crippen LogP contribution in [0.2, 0.25) is 0 Å². The molecule has 1 aliphatic heterocycles. The van der Waals surface area contributed by atoms with Crippen molar-refractivity contribution in [2.75, 3.05) is 10.6 Å². The van der Waals surface area contributed by atoms with Gasteiger partial charge in [0.2, 0.25) is 6.35 Å². The number of fused-ring (bicyclic) bond motifs is 2. The molecule has 3 heterocycles. The van der Waals surface area contributed by atoms with Crippen molar-refractivity contribution in [3.63, 3.8) is 0 Å². The Morgan fingerprint density at radius 2 is 1.85 bits per heavy atom. The summed E-state index contributed by atoms with van der Waals surface area (Å²) in [5.41, 5.74) is 2.18. The summed E-state index contributed by atoms with van der Waals surface area (Å²) in [6, 6.07) is 7.49. The van der Waals surface area contributed by atoms with E-state index >= 15 is 0 Å². The van der Waals surface area contributed by atoms with Crippen molar-refractivity contribution in [2.24, 2.45) is 0 Å². The summed E-state index contributed by atoms with van der Waals surface area (Å²) in [5, 5.41) is 19.7. The molecule has 1 unspecified atom stereocenters. The minimum absolute atomic E-state index is 0.0709. The molecule has 1 aromatic carbocycles. The highest BCUT2D eigenvalue weighted by atomic mass is 19.4. The Hall–Kier alpha value is -2.81. The molecule has 0 aliphatic carbocycles. The van der Waals surface area contributed by atoms with E-state index in [4.69, 9.17) is 0 Å². The van der Waals surface area contributed by atoms with Gasteiger partial charge < -0.3 is 15.7 Å². The standard InChI is InChI=1S/C17H16F3N5O/c1-8(2)25-15(9-3-4-10-12(7-9)22-16(26)21-10)14-11(24-25)5-6-13(23-14)17(18,19)20/h3-8,16,21-22,26H,1-2H3. The van der Waals surface area contributed by atoms with Crippen LogP contribution in [-0.2, 0) is 6.18 Å². The molecule has 3 N–H and O–H groups in total. The smallest absolute Gasteiger partial charge is 0.357 e. The van der Waals surface area contributed by atoms with E-state index < -0.39 is 18.2 Å². The SMILES string of the molecule is CC(C)n1nc2ccc(C(F)(F)F)nc2c1-c1ccc2c(c1)NC(O)N2. The van der Waals surface area contributed by atoms with Gasteiger partial charge in [-0.3, -0.25) is 4.68 Å². The van der Waals surface area contributed by atoms with Crippen LogP contribution in [0.15, 0.2) is 30.3 Å². The van der Waals surface area contributed by atoms with Crippen LogP contribution in [0.25, 0.3) is 22.3 Å². The number of halogens is 3. The van der Waals surface area contributed by atoms with Gasteiger partial charge in [-0.1, -0.05) is 6.07 Å². The third-order valence-electron chi connectivity index (χ3n) is 4.20. The Balaban J connectivity index is 1.95. The maximum absolute atomic E-state index is 13.1. The fraction of sp³-hybridized carbons (Fsp3) is 0.294. The number of aromatic nitrogens is 3. The minimum atomic E-state index is -4.53. The number of aliphatic hydroxyl groups is 1. The maximum Gasteiger partial charge on any atom is 0.433 e. The molecule has 1 aliphatic rings. The molecule has 9 heteroatoms. The fourth-order valence-electron chi connectivity index (χ4n) is 3.05. The molecule has 0 radical (unpaired) electrons. The van der Waals surface area contributed by atoms with Crippen molar-refractivity contribution in [3.05, 3.63) is 36.0 Å². The first kappa shape index (κ1) is 16.6. The Kier molecular flexibility index (Phi) is 3.58. The topological polar surface area (TPSA) is 75.0 Å². The molecule has 0 fully saturated rings. The lowest BCUT2D eigenvalue weighted by Gasteiger charge is -2.12. The van der Waals surface area contributed by atoms with Gasteiger partial charge in [0.15, 0.2) is 0 Å². The van der Waals surface area contributed by atoms with Gasteiger partial charge in [-0.2, -0.15) is 18.3 Å². The monoisotopic (exact) mass is 363 g/mol. The molecular weight excluding hydrogens is 347 g/mol. The van der Waals surface area contributed by atoms with E-state index in [2.05, 4.69) is 20.7 Å². The molecule has 6 nitrogen and oxygen atoms in total. The van der Waals surface area contributed by atoms with Crippen LogP contribution in [0.4, 0.5) is 24.5 Å². The number of benzene rings is 1. The van der Waals surface area contributed by atoms with Gasteiger partial charge >= 0.3 is 6.18 Å². The molecule has 2 aromatic heterocycles. The van der Waals surface area contributed by atoms with Crippen LogP contribution in [0.1, 0.15) is 25.6 Å². The second-order valence-corrected chi connectivity index (χ2v) is 6.40. The Bertz CT molecular complexity index is 996. The molecular formula is C17H16F3N5O. The van der Waals surface area contributed by atoms with Crippen molar-refractivity contribution >= 4 is 22.4 Å². The van der Waals surface area contributed by atoms with Gasteiger partial charge in [-0.15, -0.1) is 0 Å². The van der Waals surface area contributed by atoms with Gasteiger partial charge in [-0.05, 0) is 38.1 Å². The van der Waals surface area contributed by atoms with Crippen LogP contribution in [0.3, 0.4) is 0 Å². The summed E-state index contributed by atoms with van der Waals surface area (Å²) in [6.07, 6.45) is -5.43. The maximum atomic E-state index is 13.1. The van der Waals surface area contributed by atoms with Crippen molar-refractivity contribution in [1.82, 2.24) is 14.8 Å². The summed E-state index contributed by atoms with van der Waals surface area (Å²) in [6.45, 7) is 3.80. The lowest BCUT2D eigenvalue weighted by molar-refractivity contribution is -0.140. The normalized spacial score (nSPS) is 16.7. The molecule has 1 atom stereocenters. The number of aliphatic hydroxyl groups excluding tert-OH is 1. The van der Waals surface area contributed by atoms with E-state index in [0.29, 0.717) is 28.1 Å². The van der Waals surface area contributed by atoms with Crippen LogP contribution in [-0.4, -0.2) is 26.2 Å². The Labute approximate surface area is 146 Å². The fourth-order valence-corrected chi connectivity index (χ4v) is 3.05. The number of rotatable bonds is 2. The summed E-state index contributed by atoms with van der Waals surface area (Å²) in [7, 11) is 0.